The number of likely N-dealkylation sites (tertiary alicyclic amines) is 1. The molecule has 1 aliphatic heterocycles. The molecule has 19 heavy (non-hydrogen) atoms. The van der Waals surface area contributed by atoms with Crippen LogP contribution in [0.2, 0.25) is 5.02 Å². The van der Waals surface area contributed by atoms with Gasteiger partial charge in [-0.15, -0.1) is 0 Å². The number of carboxylic acids is 1. The van der Waals surface area contributed by atoms with Crippen molar-refractivity contribution in [2.75, 3.05) is 26.2 Å². The first-order valence-corrected chi connectivity index (χ1v) is 6.92. The lowest BCUT2D eigenvalue weighted by atomic mass is 10.2. The maximum absolute atomic E-state index is 10.9. The minimum absolute atomic E-state index is 0.0821. The van der Waals surface area contributed by atoms with Crippen molar-refractivity contribution in [3.63, 3.8) is 0 Å². The van der Waals surface area contributed by atoms with E-state index >= 15 is 0 Å². The minimum atomic E-state index is -1.03. The summed E-state index contributed by atoms with van der Waals surface area (Å²) in [5.41, 5.74) is 0.0821. The first kappa shape index (κ1) is 14.2. The molecule has 1 aliphatic rings. The summed E-state index contributed by atoms with van der Waals surface area (Å²) in [5, 5.41) is 9.19. The van der Waals surface area contributed by atoms with E-state index in [1.54, 1.807) is 12.1 Å². The van der Waals surface area contributed by atoms with Gasteiger partial charge in [-0.2, -0.15) is 0 Å². The average molecular weight is 284 g/mol. The van der Waals surface area contributed by atoms with Gasteiger partial charge in [-0.1, -0.05) is 11.6 Å². The standard InChI is InChI=1S/C14H18ClNO3/c15-13-5-4-11(10-12(13)14(17)18)19-9-3-8-16-6-1-2-7-16/h4-5,10H,1-3,6-9H2,(H,17,18). The van der Waals surface area contributed by atoms with Crippen LogP contribution in [0.3, 0.4) is 0 Å². The quantitative estimate of drug-likeness (QED) is 0.816. The molecule has 1 fully saturated rings. The molecule has 0 radical (unpaired) electrons. The number of halogens is 1. The van der Waals surface area contributed by atoms with Gasteiger partial charge in [0, 0.05) is 6.54 Å². The Bertz CT molecular complexity index is 444. The van der Waals surface area contributed by atoms with Gasteiger partial charge in [0.2, 0.25) is 0 Å². The van der Waals surface area contributed by atoms with Crippen LogP contribution >= 0.6 is 11.6 Å². The monoisotopic (exact) mass is 283 g/mol. The summed E-state index contributed by atoms with van der Waals surface area (Å²) in [6.07, 6.45) is 3.53. The number of hydrogen-bond acceptors (Lipinski definition) is 3. The zero-order chi connectivity index (χ0) is 13.7. The van der Waals surface area contributed by atoms with Crippen molar-refractivity contribution in [2.24, 2.45) is 0 Å². The highest BCUT2D eigenvalue weighted by Crippen LogP contribution is 2.22. The predicted molar refractivity (Wildman–Crippen MR) is 74.2 cm³/mol. The Kier molecular flexibility index (Phi) is 5.05. The fourth-order valence-electron chi connectivity index (χ4n) is 2.24. The molecule has 1 N–H and O–H groups in total. The van der Waals surface area contributed by atoms with Crippen molar-refractivity contribution in [2.45, 2.75) is 19.3 Å². The number of ether oxygens (including phenoxy) is 1. The second-order valence-electron chi connectivity index (χ2n) is 4.70. The van der Waals surface area contributed by atoms with Crippen LogP contribution in [0.15, 0.2) is 18.2 Å². The third-order valence-electron chi connectivity index (χ3n) is 3.25. The Balaban J connectivity index is 1.79. The number of benzene rings is 1. The van der Waals surface area contributed by atoms with Crippen LogP contribution in [0, 0.1) is 0 Å². The number of carbonyl (C=O) groups is 1. The highest BCUT2D eigenvalue weighted by atomic mass is 35.5. The summed E-state index contributed by atoms with van der Waals surface area (Å²) in [6, 6.07) is 4.73. The van der Waals surface area contributed by atoms with Crippen LogP contribution in [0.4, 0.5) is 0 Å². The summed E-state index contributed by atoms with van der Waals surface area (Å²) in [5.74, 6) is -0.476. The Morgan fingerprint density at radius 3 is 2.79 bits per heavy atom. The molecule has 5 heteroatoms. The third-order valence-corrected chi connectivity index (χ3v) is 3.58. The van der Waals surface area contributed by atoms with Gasteiger partial charge in [0.25, 0.3) is 0 Å². The second kappa shape index (κ2) is 6.78. The first-order valence-electron chi connectivity index (χ1n) is 6.55. The highest BCUT2D eigenvalue weighted by Gasteiger charge is 2.11. The van der Waals surface area contributed by atoms with Gasteiger partial charge in [-0.3, -0.25) is 0 Å². The van der Waals surface area contributed by atoms with Gasteiger partial charge < -0.3 is 14.7 Å². The fourth-order valence-corrected chi connectivity index (χ4v) is 2.44. The maximum Gasteiger partial charge on any atom is 0.337 e. The van der Waals surface area contributed by atoms with Crippen molar-refractivity contribution in [3.8, 4) is 5.75 Å². The van der Waals surface area contributed by atoms with Crippen LogP contribution in [-0.4, -0.2) is 42.2 Å². The van der Waals surface area contributed by atoms with Crippen molar-refractivity contribution in [1.82, 2.24) is 4.90 Å². The lowest BCUT2D eigenvalue weighted by molar-refractivity contribution is 0.0696. The molecule has 0 unspecified atom stereocenters. The second-order valence-corrected chi connectivity index (χ2v) is 5.10. The Hall–Kier alpha value is -1.26. The van der Waals surface area contributed by atoms with Crippen molar-refractivity contribution in [1.29, 1.82) is 0 Å². The minimum Gasteiger partial charge on any atom is -0.494 e. The number of hydrogen-bond donors (Lipinski definition) is 1. The topological polar surface area (TPSA) is 49.8 Å². The molecule has 0 bridgehead atoms. The normalized spacial score (nSPS) is 15.6. The third kappa shape index (κ3) is 4.11. The molecule has 2 rings (SSSR count). The lowest BCUT2D eigenvalue weighted by Crippen LogP contribution is -2.21. The van der Waals surface area contributed by atoms with E-state index in [-0.39, 0.29) is 10.6 Å². The number of rotatable bonds is 6. The van der Waals surface area contributed by atoms with E-state index in [9.17, 15) is 4.79 Å². The number of nitrogens with zero attached hydrogens (tertiary/aromatic N) is 1. The molecule has 1 aromatic rings. The van der Waals surface area contributed by atoms with Gasteiger partial charge in [-0.25, -0.2) is 4.79 Å². The zero-order valence-electron chi connectivity index (χ0n) is 10.8. The van der Waals surface area contributed by atoms with Gasteiger partial charge in [0.15, 0.2) is 0 Å². The molecule has 104 valence electrons. The molecular formula is C14H18ClNO3. The lowest BCUT2D eigenvalue weighted by Gasteiger charge is -2.14. The van der Waals surface area contributed by atoms with Crippen molar-refractivity contribution >= 4 is 17.6 Å². The molecule has 0 amide bonds. The van der Waals surface area contributed by atoms with Crippen LogP contribution < -0.4 is 4.74 Å². The smallest absolute Gasteiger partial charge is 0.337 e. The van der Waals surface area contributed by atoms with Crippen molar-refractivity contribution < 1.29 is 14.6 Å². The van der Waals surface area contributed by atoms with E-state index in [0.717, 1.165) is 13.0 Å². The summed E-state index contributed by atoms with van der Waals surface area (Å²) in [7, 11) is 0. The van der Waals surface area contributed by atoms with Gasteiger partial charge in [0.1, 0.15) is 5.75 Å². The maximum atomic E-state index is 10.9. The van der Waals surface area contributed by atoms with E-state index in [4.69, 9.17) is 21.4 Å². The molecule has 0 spiro atoms. The summed E-state index contributed by atoms with van der Waals surface area (Å²) in [6.45, 7) is 4.00. The van der Waals surface area contributed by atoms with E-state index in [2.05, 4.69) is 4.90 Å². The molecule has 4 nitrogen and oxygen atoms in total. The van der Waals surface area contributed by atoms with Crippen LogP contribution in [0.1, 0.15) is 29.6 Å². The van der Waals surface area contributed by atoms with Gasteiger partial charge >= 0.3 is 5.97 Å². The first-order chi connectivity index (χ1) is 9.16. The summed E-state index contributed by atoms with van der Waals surface area (Å²) >= 11 is 5.80. The molecule has 1 heterocycles. The number of aromatic carboxylic acids is 1. The highest BCUT2D eigenvalue weighted by molar-refractivity contribution is 6.33. The Labute approximate surface area is 117 Å². The van der Waals surface area contributed by atoms with Crippen molar-refractivity contribution in [3.05, 3.63) is 28.8 Å². The SMILES string of the molecule is O=C(O)c1cc(OCCCN2CCCC2)ccc1Cl. The number of carboxylic acid groups (broad SMARTS) is 1. The van der Waals surface area contributed by atoms with Crippen LogP contribution in [0.5, 0.6) is 5.75 Å². The molecule has 0 saturated carbocycles. The fraction of sp³-hybridized carbons (Fsp3) is 0.500. The van der Waals surface area contributed by atoms with Crippen LogP contribution in [0.25, 0.3) is 0 Å². The largest absolute Gasteiger partial charge is 0.494 e. The summed E-state index contributed by atoms with van der Waals surface area (Å²) in [4.78, 5) is 13.4. The summed E-state index contributed by atoms with van der Waals surface area (Å²) < 4.78 is 5.56. The van der Waals surface area contributed by atoms with Crippen LogP contribution in [-0.2, 0) is 0 Å². The van der Waals surface area contributed by atoms with Gasteiger partial charge in [-0.05, 0) is 50.6 Å². The molecule has 0 atom stereocenters. The van der Waals surface area contributed by atoms with E-state index in [0.29, 0.717) is 12.4 Å². The molecular weight excluding hydrogens is 266 g/mol. The molecule has 1 saturated heterocycles. The average Bonchev–Trinajstić information content (AvgIpc) is 2.89. The molecule has 0 aromatic heterocycles. The zero-order valence-corrected chi connectivity index (χ0v) is 11.5. The molecule has 1 aromatic carbocycles. The molecule has 0 aliphatic carbocycles. The Morgan fingerprint density at radius 2 is 2.11 bits per heavy atom. The van der Waals surface area contributed by atoms with E-state index in [1.165, 1.54) is 32.0 Å². The van der Waals surface area contributed by atoms with E-state index in [1.807, 2.05) is 0 Å². The van der Waals surface area contributed by atoms with E-state index < -0.39 is 5.97 Å². The Morgan fingerprint density at radius 1 is 1.37 bits per heavy atom. The predicted octanol–water partition coefficient (Wildman–Crippen LogP) is 2.90. The van der Waals surface area contributed by atoms with Gasteiger partial charge in [0.05, 0.1) is 17.2 Å².